The van der Waals surface area contributed by atoms with Gasteiger partial charge < -0.3 is 10.6 Å². The van der Waals surface area contributed by atoms with Gasteiger partial charge in [0.25, 0.3) is 0 Å². The van der Waals surface area contributed by atoms with E-state index in [1.54, 1.807) is 18.4 Å². The van der Waals surface area contributed by atoms with Gasteiger partial charge in [-0.15, -0.1) is 35.3 Å². The monoisotopic (exact) mass is 519 g/mol. The molecule has 0 bridgehead atoms. The number of alkyl halides is 3. The van der Waals surface area contributed by atoms with Crippen LogP contribution in [0.1, 0.15) is 23.8 Å². The van der Waals surface area contributed by atoms with Crippen molar-refractivity contribution in [3.05, 3.63) is 22.4 Å². The van der Waals surface area contributed by atoms with Crippen molar-refractivity contribution in [2.75, 3.05) is 53.4 Å². The van der Waals surface area contributed by atoms with E-state index >= 15 is 0 Å². The summed E-state index contributed by atoms with van der Waals surface area (Å²) < 4.78 is 37.0. The molecule has 10 heteroatoms. The molecule has 1 aromatic rings. The van der Waals surface area contributed by atoms with Crippen LogP contribution in [0.4, 0.5) is 13.2 Å². The topological polar surface area (TPSA) is 42.9 Å². The summed E-state index contributed by atoms with van der Waals surface area (Å²) in [4.78, 5) is 9.22. The molecule has 2 heterocycles. The minimum absolute atomic E-state index is 0. The van der Waals surface area contributed by atoms with Gasteiger partial charge in [-0.05, 0) is 44.4 Å². The van der Waals surface area contributed by atoms with Crippen LogP contribution < -0.4 is 10.6 Å². The quantitative estimate of drug-likeness (QED) is 0.315. The van der Waals surface area contributed by atoms with Gasteiger partial charge in [-0.1, -0.05) is 6.07 Å². The van der Waals surface area contributed by atoms with Gasteiger partial charge >= 0.3 is 6.18 Å². The number of hydrogen-bond acceptors (Lipinski definition) is 4. The third-order valence-electron chi connectivity index (χ3n) is 4.37. The molecular formula is C17H29F3IN5S. The van der Waals surface area contributed by atoms with Gasteiger partial charge in [0.15, 0.2) is 5.96 Å². The molecule has 1 aliphatic heterocycles. The second-order valence-corrected chi connectivity index (χ2v) is 7.49. The molecule has 0 amide bonds. The highest BCUT2D eigenvalue weighted by atomic mass is 127. The van der Waals surface area contributed by atoms with E-state index in [4.69, 9.17) is 0 Å². The lowest BCUT2D eigenvalue weighted by Crippen LogP contribution is -2.45. The number of likely N-dealkylation sites (tertiary alicyclic amines) is 1. The van der Waals surface area contributed by atoms with E-state index in [0.717, 1.165) is 19.6 Å². The maximum Gasteiger partial charge on any atom is 0.401 e. The van der Waals surface area contributed by atoms with Gasteiger partial charge in [-0.2, -0.15) is 13.2 Å². The summed E-state index contributed by atoms with van der Waals surface area (Å²) >= 11 is 1.75. The first-order chi connectivity index (χ1) is 12.4. The standard InChI is InChI=1S/C17H28F3N5S.HI/c1-21-16(22-7-10-24(2)13-17(18,19)20)23-12-14(15-6-5-11-26-15)25-8-3-4-9-25;/h5-6,11,14H,3-4,7-10,12-13H2,1-2H3,(H2,21,22,23);1H. The highest BCUT2D eigenvalue weighted by Gasteiger charge is 2.29. The highest BCUT2D eigenvalue weighted by Crippen LogP contribution is 2.27. The molecule has 27 heavy (non-hydrogen) atoms. The zero-order valence-electron chi connectivity index (χ0n) is 15.8. The van der Waals surface area contributed by atoms with Crippen LogP contribution in [0.5, 0.6) is 0 Å². The summed E-state index contributed by atoms with van der Waals surface area (Å²) in [5, 5.41) is 8.50. The average Bonchev–Trinajstić information content (AvgIpc) is 3.25. The molecule has 5 nitrogen and oxygen atoms in total. The largest absolute Gasteiger partial charge is 0.401 e. The van der Waals surface area contributed by atoms with Crippen molar-refractivity contribution in [3.63, 3.8) is 0 Å². The van der Waals surface area contributed by atoms with E-state index in [9.17, 15) is 13.2 Å². The van der Waals surface area contributed by atoms with Gasteiger partial charge in [0.05, 0.1) is 12.6 Å². The van der Waals surface area contributed by atoms with Gasteiger partial charge in [0.1, 0.15) is 0 Å². The zero-order chi connectivity index (χ0) is 19.0. The van der Waals surface area contributed by atoms with Gasteiger partial charge in [-0.25, -0.2) is 0 Å². The summed E-state index contributed by atoms with van der Waals surface area (Å²) in [5.41, 5.74) is 0. The Kier molecular flexibility index (Phi) is 10.9. The van der Waals surface area contributed by atoms with Crippen molar-refractivity contribution in [1.82, 2.24) is 20.4 Å². The highest BCUT2D eigenvalue weighted by molar-refractivity contribution is 14.0. The van der Waals surface area contributed by atoms with Crippen LogP contribution in [0, 0.1) is 0 Å². The molecule has 1 unspecified atom stereocenters. The lowest BCUT2D eigenvalue weighted by atomic mass is 10.2. The molecule has 156 valence electrons. The van der Waals surface area contributed by atoms with Crippen LogP contribution in [0.15, 0.2) is 22.5 Å². The molecule has 0 spiro atoms. The Morgan fingerprint density at radius 1 is 1.33 bits per heavy atom. The van der Waals surface area contributed by atoms with E-state index in [1.165, 1.54) is 29.7 Å². The van der Waals surface area contributed by atoms with E-state index < -0.39 is 12.7 Å². The van der Waals surface area contributed by atoms with Gasteiger partial charge in [0.2, 0.25) is 0 Å². The molecule has 0 radical (unpaired) electrons. The summed E-state index contributed by atoms with van der Waals surface area (Å²) in [7, 11) is 3.14. The molecule has 1 atom stereocenters. The second-order valence-electron chi connectivity index (χ2n) is 6.51. The Hall–Kier alpha value is -0.590. The number of aliphatic imine (C=N–C) groups is 1. The number of halogens is 4. The number of thiophene rings is 1. The molecule has 0 aliphatic carbocycles. The molecule has 2 rings (SSSR count). The summed E-state index contributed by atoms with van der Waals surface area (Å²) in [6.45, 7) is 2.70. The first-order valence-electron chi connectivity index (χ1n) is 8.86. The van der Waals surface area contributed by atoms with Crippen molar-refractivity contribution in [3.8, 4) is 0 Å². The number of nitrogens with zero attached hydrogens (tertiary/aromatic N) is 3. The second kappa shape index (κ2) is 12.1. The molecule has 0 saturated carbocycles. The fourth-order valence-electron chi connectivity index (χ4n) is 3.11. The molecule has 0 aromatic carbocycles. The first-order valence-corrected chi connectivity index (χ1v) is 9.74. The third-order valence-corrected chi connectivity index (χ3v) is 5.35. The average molecular weight is 519 g/mol. The minimum atomic E-state index is -4.17. The van der Waals surface area contributed by atoms with Crippen LogP contribution in [0.2, 0.25) is 0 Å². The fraction of sp³-hybridized carbons (Fsp3) is 0.706. The smallest absolute Gasteiger partial charge is 0.355 e. The van der Waals surface area contributed by atoms with Gasteiger partial charge in [-0.3, -0.25) is 14.8 Å². The van der Waals surface area contributed by atoms with Crippen LogP contribution in [0.25, 0.3) is 0 Å². The number of guanidine groups is 1. The van der Waals surface area contributed by atoms with Crippen molar-refractivity contribution < 1.29 is 13.2 Å². The predicted molar refractivity (Wildman–Crippen MR) is 116 cm³/mol. The molecule has 1 aromatic heterocycles. The Morgan fingerprint density at radius 2 is 2.04 bits per heavy atom. The third kappa shape index (κ3) is 8.97. The number of likely N-dealkylation sites (N-methyl/N-ethyl adjacent to an activating group) is 1. The minimum Gasteiger partial charge on any atom is -0.355 e. The Morgan fingerprint density at radius 3 is 2.59 bits per heavy atom. The zero-order valence-corrected chi connectivity index (χ0v) is 18.9. The van der Waals surface area contributed by atoms with Crippen LogP contribution in [0.3, 0.4) is 0 Å². The van der Waals surface area contributed by atoms with Crippen molar-refractivity contribution >= 4 is 41.3 Å². The Balaban J connectivity index is 0.00000364. The molecule has 2 N–H and O–H groups in total. The fourth-order valence-corrected chi connectivity index (χ4v) is 3.97. The molecular weight excluding hydrogens is 490 g/mol. The summed E-state index contributed by atoms with van der Waals surface area (Å²) in [6.07, 6.45) is -1.72. The summed E-state index contributed by atoms with van der Waals surface area (Å²) in [6, 6.07) is 4.51. The predicted octanol–water partition coefficient (Wildman–Crippen LogP) is 3.16. The SMILES string of the molecule is CN=C(NCCN(C)CC(F)(F)F)NCC(c1cccs1)N1CCCC1.I. The number of rotatable bonds is 8. The normalized spacial score (nSPS) is 17.0. The van der Waals surface area contributed by atoms with E-state index in [0.29, 0.717) is 25.1 Å². The van der Waals surface area contributed by atoms with Crippen molar-refractivity contribution in [2.45, 2.75) is 25.1 Å². The first kappa shape index (κ1) is 24.4. The van der Waals surface area contributed by atoms with E-state index in [-0.39, 0.29) is 24.0 Å². The van der Waals surface area contributed by atoms with Crippen molar-refractivity contribution in [1.29, 1.82) is 0 Å². The summed E-state index contributed by atoms with van der Waals surface area (Å²) in [5.74, 6) is 0.617. The molecule has 1 aliphatic rings. The molecule has 1 fully saturated rings. The Bertz CT molecular complexity index is 547. The van der Waals surface area contributed by atoms with E-state index in [1.807, 2.05) is 0 Å². The molecule has 1 saturated heterocycles. The van der Waals surface area contributed by atoms with Crippen LogP contribution >= 0.6 is 35.3 Å². The van der Waals surface area contributed by atoms with Crippen LogP contribution in [-0.4, -0.2) is 75.3 Å². The number of hydrogen-bond donors (Lipinski definition) is 2. The lowest BCUT2D eigenvalue weighted by Gasteiger charge is -2.27. The Labute approximate surface area is 180 Å². The maximum absolute atomic E-state index is 12.3. The maximum atomic E-state index is 12.3. The van der Waals surface area contributed by atoms with Gasteiger partial charge in [0, 0.05) is 31.6 Å². The lowest BCUT2D eigenvalue weighted by molar-refractivity contribution is -0.142. The van der Waals surface area contributed by atoms with Crippen LogP contribution in [-0.2, 0) is 0 Å². The van der Waals surface area contributed by atoms with Crippen molar-refractivity contribution in [2.24, 2.45) is 4.99 Å². The number of nitrogens with one attached hydrogen (secondary N) is 2. The van der Waals surface area contributed by atoms with E-state index in [2.05, 4.69) is 38.0 Å².